The Labute approximate surface area is 192 Å². The highest BCUT2D eigenvalue weighted by Gasteiger charge is 2.38. The number of carboxylic acid groups (broad SMARTS) is 1. The molecule has 4 N–H and O–H groups in total. The predicted molar refractivity (Wildman–Crippen MR) is 108 cm³/mol. The summed E-state index contributed by atoms with van der Waals surface area (Å²) in [5.74, 6) is -2.88. The van der Waals surface area contributed by atoms with Crippen molar-refractivity contribution in [1.82, 2.24) is 24.8 Å². The fourth-order valence-electron chi connectivity index (χ4n) is 3.92. The van der Waals surface area contributed by atoms with Crippen LogP contribution < -0.4 is 11.1 Å². The summed E-state index contributed by atoms with van der Waals surface area (Å²) in [7, 11) is 0. The molecule has 15 heteroatoms. The zero-order valence-electron chi connectivity index (χ0n) is 17.5. The summed E-state index contributed by atoms with van der Waals surface area (Å²) in [5, 5.41) is 14.9. The van der Waals surface area contributed by atoms with E-state index in [0.29, 0.717) is 6.07 Å². The molecule has 3 heterocycles. The van der Waals surface area contributed by atoms with Crippen molar-refractivity contribution in [3.05, 3.63) is 47.0 Å². The average Bonchev–Trinajstić information content (AvgIpc) is 3.35. The molecule has 0 bridgehead atoms. The maximum Gasteiger partial charge on any atom is 0.418 e. The van der Waals surface area contributed by atoms with E-state index in [4.69, 9.17) is 10.8 Å². The first-order valence-corrected chi connectivity index (χ1v) is 9.93. The summed E-state index contributed by atoms with van der Waals surface area (Å²) in [6.45, 7) is -2.36. The van der Waals surface area contributed by atoms with Gasteiger partial charge in [0.2, 0.25) is 0 Å². The van der Waals surface area contributed by atoms with Crippen molar-refractivity contribution in [3.63, 3.8) is 0 Å². The van der Waals surface area contributed by atoms with Gasteiger partial charge in [0.1, 0.15) is 30.5 Å². The molecule has 9 nitrogen and oxygen atoms in total. The van der Waals surface area contributed by atoms with Gasteiger partial charge < -0.3 is 21.1 Å². The van der Waals surface area contributed by atoms with Crippen LogP contribution in [0.3, 0.4) is 0 Å². The predicted octanol–water partition coefficient (Wildman–Crippen LogP) is 3.04. The minimum absolute atomic E-state index is 0.274. The third kappa shape index (κ3) is 4.28. The van der Waals surface area contributed by atoms with Gasteiger partial charge in [-0.3, -0.25) is 4.79 Å². The van der Waals surface area contributed by atoms with Gasteiger partial charge in [0.05, 0.1) is 23.8 Å². The third-order valence-corrected chi connectivity index (χ3v) is 5.59. The molecule has 35 heavy (non-hydrogen) atoms. The number of carbonyl (C=O) groups is 2. The number of nitrogens with one attached hydrogen (secondary N) is 1. The Morgan fingerprint density at radius 3 is 2.54 bits per heavy atom. The second kappa shape index (κ2) is 8.63. The smallest absolute Gasteiger partial charge is 0.418 e. The number of rotatable bonds is 4. The number of nitrogens with zero attached hydrogens (tertiary/aromatic N) is 4. The maximum atomic E-state index is 14.8. The third-order valence-electron chi connectivity index (χ3n) is 5.59. The van der Waals surface area contributed by atoms with Gasteiger partial charge in [0, 0.05) is 23.2 Å². The molecule has 1 aliphatic heterocycles. The number of hydrogen-bond donors (Lipinski definition) is 3. The number of hydrogen-bond acceptors (Lipinski definition) is 5. The Bertz CT molecular complexity index is 1330. The van der Waals surface area contributed by atoms with Crippen LogP contribution in [0.25, 0.3) is 16.8 Å². The molecule has 0 radical (unpaired) electrons. The largest absolute Gasteiger partial charge is 0.465 e. The molecule has 1 fully saturated rings. The maximum absolute atomic E-state index is 14.8. The van der Waals surface area contributed by atoms with Crippen LogP contribution in [0.4, 0.5) is 37.0 Å². The van der Waals surface area contributed by atoms with E-state index in [1.807, 2.05) is 0 Å². The fourth-order valence-corrected chi connectivity index (χ4v) is 3.92. The zero-order valence-corrected chi connectivity index (χ0v) is 17.5. The monoisotopic (exact) mass is 502 g/mol. The van der Waals surface area contributed by atoms with Crippen molar-refractivity contribution in [1.29, 1.82) is 0 Å². The number of benzene rings is 1. The molecule has 0 unspecified atom stereocenters. The molecule has 1 aromatic carbocycles. The molecule has 0 spiro atoms. The minimum atomic E-state index is -4.88. The summed E-state index contributed by atoms with van der Waals surface area (Å²) in [5.41, 5.74) is 1.87. The number of amides is 2. The summed E-state index contributed by atoms with van der Waals surface area (Å²) in [4.78, 5) is 28.1. The van der Waals surface area contributed by atoms with Gasteiger partial charge in [-0.1, -0.05) is 0 Å². The van der Waals surface area contributed by atoms with Crippen LogP contribution in [0.2, 0.25) is 0 Å². The van der Waals surface area contributed by atoms with E-state index in [-0.39, 0.29) is 11.3 Å². The standard InChI is InChI=1S/C20H16F6N6O3/c21-4-10-9(18(33)30-14-6-31(19(34)35)5-13(14)23)1-8(2-12(10)22)15-3-11(20(24,25)26)16-17(27)28-7-29-32(15)16/h1-3,7,13-14H,4-6H2,(H,30,33)(H,34,35)(H2,27,28,29)/t13-,14+/m0/s1. The first kappa shape index (κ1) is 24.1. The Morgan fingerprint density at radius 2 is 1.94 bits per heavy atom. The molecule has 1 saturated heterocycles. The number of halogens is 6. The summed E-state index contributed by atoms with van der Waals surface area (Å²) in [6.07, 6.45) is -7.19. The van der Waals surface area contributed by atoms with Gasteiger partial charge in [0.25, 0.3) is 5.91 Å². The van der Waals surface area contributed by atoms with E-state index < -0.39 is 84.0 Å². The van der Waals surface area contributed by atoms with Gasteiger partial charge in [-0.15, -0.1) is 0 Å². The molecule has 1 aliphatic rings. The number of anilines is 1. The number of likely N-dealkylation sites (tertiary alicyclic amines) is 1. The summed E-state index contributed by atoms with van der Waals surface area (Å²) < 4.78 is 84.1. The lowest BCUT2D eigenvalue weighted by Gasteiger charge is -2.17. The van der Waals surface area contributed by atoms with E-state index in [1.165, 1.54) is 0 Å². The fraction of sp³-hybridized carbons (Fsp3) is 0.300. The zero-order chi connectivity index (χ0) is 25.7. The van der Waals surface area contributed by atoms with Gasteiger partial charge in [-0.05, 0) is 18.2 Å². The van der Waals surface area contributed by atoms with E-state index >= 15 is 0 Å². The molecule has 0 aliphatic carbocycles. The first-order valence-electron chi connectivity index (χ1n) is 9.93. The van der Waals surface area contributed by atoms with Crippen LogP contribution in [0.1, 0.15) is 21.5 Å². The Hall–Kier alpha value is -4.04. The van der Waals surface area contributed by atoms with Crippen molar-refractivity contribution in [2.75, 3.05) is 18.8 Å². The van der Waals surface area contributed by atoms with Crippen molar-refractivity contribution < 1.29 is 41.0 Å². The number of nitrogens with two attached hydrogens (primary N) is 1. The number of nitrogen functional groups attached to an aromatic ring is 1. The second-order valence-corrected chi connectivity index (χ2v) is 7.75. The average molecular weight is 502 g/mol. The molecule has 2 aromatic heterocycles. The van der Waals surface area contributed by atoms with E-state index in [1.54, 1.807) is 0 Å². The van der Waals surface area contributed by atoms with E-state index in [9.17, 15) is 35.9 Å². The van der Waals surface area contributed by atoms with Gasteiger partial charge >= 0.3 is 12.3 Å². The SMILES string of the molecule is Nc1ncnn2c(-c3cc(F)c(CF)c(C(=O)N[C@@H]4CN(C(=O)O)C[C@@H]4F)c3)cc(C(F)(F)F)c12. The topological polar surface area (TPSA) is 126 Å². The summed E-state index contributed by atoms with van der Waals surface area (Å²) in [6, 6.07) is 0.998. The Balaban J connectivity index is 1.79. The van der Waals surface area contributed by atoms with Crippen molar-refractivity contribution in [2.24, 2.45) is 0 Å². The number of fused-ring (bicyclic) bond motifs is 1. The lowest BCUT2D eigenvalue weighted by Crippen LogP contribution is -2.42. The molecular formula is C20H16F6N6O3. The molecule has 186 valence electrons. The Kier molecular flexibility index (Phi) is 5.94. The lowest BCUT2D eigenvalue weighted by molar-refractivity contribution is -0.136. The molecule has 4 rings (SSSR count). The van der Waals surface area contributed by atoms with E-state index in [0.717, 1.165) is 27.9 Å². The molecule has 0 saturated carbocycles. The quantitative estimate of drug-likeness (QED) is 0.471. The van der Waals surface area contributed by atoms with Crippen LogP contribution >= 0.6 is 0 Å². The number of carbonyl (C=O) groups excluding carboxylic acids is 1. The van der Waals surface area contributed by atoms with Crippen LogP contribution in [0.15, 0.2) is 24.5 Å². The van der Waals surface area contributed by atoms with Crippen LogP contribution in [-0.2, 0) is 12.9 Å². The van der Waals surface area contributed by atoms with Gasteiger partial charge in [-0.2, -0.15) is 18.3 Å². The summed E-state index contributed by atoms with van der Waals surface area (Å²) >= 11 is 0. The van der Waals surface area contributed by atoms with Crippen molar-refractivity contribution in [3.8, 4) is 11.3 Å². The highest BCUT2D eigenvalue weighted by Crippen LogP contribution is 2.39. The van der Waals surface area contributed by atoms with E-state index in [2.05, 4.69) is 15.4 Å². The van der Waals surface area contributed by atoms with Crippen LogP contribution in [0.5, 0.6) is 0 Å². The molecule has 2 amide bonds. The first-order chi connectivity index (χ1) is 16.4. The van der Waals surface area contributed by atoms with Crippen LogP contribution in [-0.4, -0.2) is 61.9 Å². The van der Waals surface area contributed by atoms with Gasteiger partial charge in [-0.25, -0.2) is 27.5 Å². The van der Waals surface area contributed by atoms with Gasteiger partial charge in [0.15, 0.2) is 5.82 Å². The van der Waals surface area contributed by atoms with Crippen molar-refractivity contribution >= 4 is 23.3 Å². The minimum Gasteiger partial charge on any atom is -0.465 e. The normalized spacial score (nSPS) is 18.3. The molecule has 3 aromatic rings. The van der Waals surface area contributed by atoms with Crippen molar-refractivity contribution in [2.45, 2.75) is 25.1 Å². The molecule has 2 atom stereocenters. The van der Waals surface area contributed by atoms with Crippen LogP contribution in [0, 0.1) is 5.82 Å². The number of alkyl halides is 5. The highest BCUT2D eigenvalue weighted by molar-refractivity contribution is 5.97. The molecular weight excluding hydrogens is 486 g/mol. The second-order valence-electron chi connectivity index (χ2n) is 7.75. The highest BCUT2D eigenvalue weighted by atomic mass is 19.4. The Morgan fingerprint density at radius 1 is 1.23 bits per heavy atom. The number of aromatic nitrogens is 3. The lowest BCUT2D eigenvalue weighted by atomic mass is 10.0.